The maximum Gasteiger partial charge on any atom is 0.136 e. The number of hydrogen-bond donors (Lipinski definition) is 0. The number of ether oxygens (including phenoxy) is 1. The molecule has 0 saturated carbocycles. The second-order valence-corrected chi connectivity index (χ2v) is 1.70. The molecule has 1 aliphatic rings. The second kappa shape index (κ2) is 1.62. The van der Waals surface area contributed by atoms with E-state index in [9.17, 15) is 4.79 Å². The summed E-state index contributed by atoms with van der Waals surface area (Å²) >= 11 is 0. The lowest BCUT2D eigenvalue weighted by molar-refractivity contribution is -0.115. The van der Waals surface area contributed by atoms with E-state index in [0.717, 1.165) is 6.61 Å². The number of epoxide rings is 1. The summed E-state index contributed by atoms with van der Waals surface area (Å²) < 4.78 is 4.76. The zero-order valence-electron chi connectivity index (χ0n) is 4.02. The Bertz CT molecular complexity index is 84.1. The molecule has 39 valence electrons. The molecule has 0 aliphatic carbocycles. The molecule has 0 aromatic heterocycles. The summed E-state index contributed by atoms with van der Waals surface area (Å²) in [4.78, 5) is 10.1. The lowest BCUT2D eigenvalue weighted by Crippen LogP contribution is -1.94. The van der Waals surface area contributed by atoms with Gasteiger partial charge < -0.3 is 4.74 Å². The fourth-order valence-corrected chi connectivity index (χ4v) is 0.440. The van der Waals surface area contributed by atoms with Gasteiger partial charge in [-0.1, -0.05) is 0 Å². The lowest BCUT2D eigenvalue weighted by Gasteiger charge is -1.80. The highest BCUT2D eigenvalue weighted by Gasteiger charge is 2.23. The highest BCUT2D eigenvalue weighted by atomic mass is 16.6. The van der Waals surface area contributed by atoms with Crippen LogP contribution < -0.4 is 0 Å². The molecule has 2 nitrogen and oxygen atoms in total. The number of carbonyl (C=O) groups is 1. The van der Waals surface area contributed by atoms with Gasteiger partial charge in [-0.3, -0.25) is 4.79 Å². The zero-order chi connectivity index (χ0) is 5.28. The van der Waals surface area contributed by atoms with Crippen LogP contribution in [0.4, 0.5) is 0 Å². The van der Waals surface area contributed by atoms with E-state index in [1.807, 2.05) is 0 Å². The average Bonchev–Trinajstić information content (AvgIpc) is 2.17. The molecule has 1 fully saturated rings. The molecule has 1 heterocycles. The Morgan fingerprint density at radius 3 is 2.71 bits per heavy atom. The van der Waals surface area contributed by atoms with Crippen LogP contribution >= 0.6 is 0 Å². The zero-order valence-corrected chi connectivity index (χ0v) is 4.02. The van der Waals surface area contributed by atoms with Crippen molar-refractivity contribution in [3.05, 3.63) is 6.92 Å². The van der Waals surface area contributed by atoms with Gasteiger partial charge in [-0.05, 0) is 0 Å². The van der Waals surface area contributed by atoms with E-state index >= 15 is 0 Å². The first-order valence-electron chi connectivity index (χ1n) is 2.25. The van der Waals surface area contributed by atoms with Crippen molar-refractivity contribution in [1.82, 2.24) is 0 Å². The molecular formula is C5H7O2. The van der Waals surface area contributed by atoms with Crippen LogP contribution in [0.1, 0.15) is 6.42 Å². The van der Waals surface area contributed by atoms with Crippen molar-refractivity contribution in [3.8, 4) is 0 Å². The fourth-order valence-electron chi connectivity index (χ4n) is 0.440. The second-order valence-electron chi connectivity index (χ2n) is 1.70. The monoisotopic (exact) mass is 99.0 g/mol. The maximum atomic E-state index is 10.1. The normalized spacial score (nSPS) is 27.3. The van der Waals surface area contributed by atoms with Gasteiger partial charge in [0.2, 0.25) is 0 Å². The molecule has 0 amide bonds. The first-order chi connectivity index (χ1) is 3.29. The quantitative estimate of drug-likeness (QED) is 0.462. The summed E-state index contributed by atoms with van der Waals surface area (Å²) in [6.45, 7) is 3.95. The molecule has 1 saturated heterocycles. The Morgan fingerprint density at radius 1 is 2.00 bits per heavy atom. The first kappa shape index (κ1) is 4.78. The third-order valence-corrected chi connectivity index (χ3v) is 0.858. The van der Waals surface area contributed by atoms with Gasteiger partial charge in [0.25, 0.3) is 0 Å². The van der Waals surface area contributed by atoms with Crippen LogP contribution in [0.2, 0.25) is 0 Å². The van der Waals surface area contributed by atoms with E-state index < -0.39 is 0 Å². The summed E-state index contributed by atoms with van der Waals surface area (Å²) in [6, 6.07) is 0. The van der Waals surface area contributed by atoms with Crippen LogP contribution in [0.5, 0.6) is 0 Å². The van der Waals surface area contributed by atoms with Gasteiger partial charge in [-0.15, -0.1) is 0 Å². The van der Waals surface area contributed by atoms with Crippen molar-refractivity contribution in [2.24, 2.45) is 0 Å². The molecule has 1 unspecified atom stereocenters. The van der Waals surface area contributed by atoms with E-state index in [2.05, 4.69) is 6.92 Å². The Labute approximate surface area is 42.5 Å². The van der Waals surface area contributed by atoms with Crippen LogP contribution in [0.3, 0.4) is 0 Å². The minimum Gasteiger partial charge on any atom is -0.373 e. The van der Waals surface area contributed by atoms with Crippen molar-refractivity contribution < 1.29 is 9.53 Å². The van der Waals surface area contributed by atoms with Crippen molar-refractivity contribution in [1.29, 1.82) is 0 Å². The predicted molar refractivity (Wildman–Crippen MR) is 24.7 cm³/mol. The lowest BCUT2D eigenvalue weighted by atomic mass is 10.2. The molecule has 1 aliphatic heterocycles. The topological polar surface area (TPSA) is 29.6 Å². The highest BCUT2D eigenvalue weighted by Crippen LogP contribution is 2.12. The van der Waals surface area contributed by atoms with Gasteiger partial charge in [-0.25, -0.2) is 0 Å². The van der Waals surface area contributed by atoms with E-state index in [4.69, 9.17) is 4.74 Å². The minimum absolute atomic E-state index is 0.0255. The Balaban J connectivity index is 2.08. The third kappa shape index (κ3) is 1.69. The SMILES string of the molecule is [CH2]C(=O)CC1CO1. The van der Waals surface area contributed by atoms with E-state index in [1.54, 1.807) is 0 Å². The van der Waals surface area contributed by atoms with Crippen molar-refractivity contribution in [2.75, 3.05) is 6.61 Å². The summed E-state index contributed by atoms with van der Waals surface area (Å²) in [5.74, 6) is -0.0255. The predicted octanol–water partition coefficient (Wildman–Crippen LogP) is 0.178. The first-order valence-corrected chi connectivity index (χ1v) is 2.25. The molecule has 0 aromatic rings. The van der Waals surface area contributed by atoms with Crippen molar-refractivity contribution in [2.45, 2.75) is 12.5 Å². The van der Waals surface area contributed by atoms with Crippen molar-refractivity contribution in [3.63, 3.8) is 0 Å². The standard InChI is InChI=1S/C5H7O2/c1-4(6)2-5-3-7-5/h5H,1-3H2. The largest absolute Gasteiger partial charge is 0.373 e. The summed E-state index contributed by atoms with van der Waals surface area (Å²) in [6.07, 6.45) is 0.713. The molecule has 1 atom stereocenters. The van der Waals surface area contributed by atoms with Crippen LogP contribution in [-0.2, 0) is 9.53 Å². The van der Waals surface area contributed by atoms with Gasteiger partial charge in [0.15, 0.2) is 0 Å². The number of Topliss-reactive ketones (excluding diaryl/α,β-unsaturated/α-hetero) is 1. The highest BCUT2D eigenvalue weighted by molar-refractivity contribution is 5.83. The van der Waals surface area contributed by atoms with Gasteiger partial charge in [0, 0.05) is 13.3 Å². The molecule has 0 N–H and O–H groups in total. The Kier molecular flexibility index (Phi) is 1.11. The number of hydrogen-bond acceptors (Lipinski definition) is 2. The average molecular weight is 99.1 g/mol. The minimum atomic E-state index is -0.0255. The van der Waals surface area contributed by atoms with Gasteiger partial charge >= 0.3 is 0 Å². The van der Waals surface area contributed by atoms with Crippen LogP contribution in [0.15, 0.2) is 0 Å². The van der Waals surface area contributed by atoms with Gasteiger partial charge in [0.05, 0.1) is 12.7 Å². The van der Waals surface area contributed by atoms with Crippen LogP contribution in [-0.4, -0.2) is 18.5 Å². The summed E-state index contributed by atoms with van der Waals surface area (Å²) in [5, 5.41) is 0. The van der Waals surface area contributed by atoms with Crippen molar-refractivity contribution >= 4 is 5.78 Å². The Hall–Kier alpha value is -0.370. The molecule has 1 radical (unpaired) electrons. The molecular weight excluding hydrogens is 92.1 g/mol. The molecule has 0 aromatic carbocycles. The molecule has 0 bridgehead atoms. The van der Waals surface area contributed by atoms with Gasteiger partial charge in [-0.2, -0.15) is 0 Å². The van der Waals surface area contributed by atoms with E-state index in [0.29, 0.717) is 6.42 Å². The molecule has 7 heavy (non-hydrogen) atoms. The molecule has 1 rings (SSSR count). The van der Waals surface area contributed by atoms with E-state index in [-0.39, 0.29) is 11.9 Å². The molecule has 2 heteroatoms. The smallest absolute Gasteiger partial charge is 0.136 e. The van der Waals surface area contributed by atoms with E-state index in [1.165, 1.54) is 0 Å². The maximum absolute atomic E-state index is 10.1. The summed E-state index contributed by atoms with van der Waals surface area (Å²) in [7, 11) is 0. The molecule has 0 spiro atoms. The fraction of sp³-hybridized carbons (Fsp3) is 0.600. The third-order valence-electron chi connectivity index (χ3n) is 0.858. The number of ketones is 1. The number of carbonyl (C=O) groups excluding carboxylic acids is 1. The van der Waals surface area contributed by atoms with Crippen LogP contribution in [0.25, 0.3) is 0 Å². The summed E-state index contributed by atoms with van der Waals surface area (Å²) in [5.41, 5.74) is 0. The number of rotatable bonds is 2. The van der Waals surface area contributed by atoms with Crippen LogP contribution in [0, 0.1) is 6.92 Å². The van der Waals surface area contributed by atoms with Gasteiger partial charge in [0.1, 0.15) is 5.78 Å². The Morgan fingerprint density at radius 2 is 2.57 bits per heavy atom.